The number of amides is 1. The van der Waals surface area contributed by atoms with E-state index in [4.69, 9.17) is 4.98 Å². The van der Waals surface area contributed by atoms with Crippen LogP contribution in [-0.4, -0.2) is 42.3 Å². The fourth-order valence-electron chi connectivity index (χ4n) is 3.36. The number of benzene rings is 2. The lowest BCUT2D eigenvalue weighted by molar-refractivity contribution is 0.0939. The van der Waals surface area contributed by atoms with E-state index in [2.05, 4.69) is 74.3 Å². The van der Waals surface area contributed by atoms with Gasteiger partial charge in [-0.05, 0) is 61.1 Å². The molecule has 0 aliphatic rings. The molecule has 1 heterocycles. The maximum Gasteiger partial charge on any atom is 0.251 e. The van der Waals surface area contributed by atoms with Crippen LogP contribution in [0.1, 0.15) is 59.8 Å². The number of hydrogen-bond acceptors (Lipinski definition) is 4. The quantitative estimate of drug-likeness (QED) is 0.302. The van der Waals surface area contributed by atoms with Gasteiger partial charge in [0.1, 0.15) is 0 Å². The first kappa shape index (κ1) is 25.6. The van der Waals surface area contributed by atoms with E-state index in [1.807, 2.05) is 37.7 Å². The van der Waals surface area contributed by atoms with Crippen molar-refractivity contribution in [3.8, 4) is 11.3 Å². The molecule has 6 heteroatoms. The first-order chi connectivity index (χ1) is 16.1. The maximum atomic E-state index is 12.4. The molecule has 3 aromatic rings. The van der Waals surface area contributed by atoms with Gasteiger partial charge in [0.2, 0.25) is 0 Å². The topological polar surface area (TPSA) is 57.6 Å². The highest BCUT2D eigenvalue weighted by Crippen LogP contribution is 2.28. The number of rotatable bonds is 8. The van der Waals surface area contributed by atoms with Gasteiger partial charge in [-0.2, -0.15) is 0 Å². The van der Waals surface area contributed by atoms with Gasteiger partial charge in [0, 0.05) is 43.1 Å². The Morgan fingerprint density at radius 2 is 1.85 bits per heavy atom. The first-order valence-corrected chi connectivity index (χ1v) is 12.6. The smallest absolute Gasteiger partial charge is 0.251 e. The lowest BCUT2D eigenvalue weighted by atomic mass is 9.97. The summed E-state index contributed by atoms with van der Waals surface area (Å²) in [5.74, 6) is -0.0413. The van der Waals surface area contributed by atoms with E-state index in [0.717, 1.165) is 34.9 Å². The summed E-state index contributed by atoms with van der Waals surface area (Å²) in [6.07, 6.45) is 2.68. The molecular weight excluding hydrogens is 440 g/mol. The first-order valence-electron chi connectivity index (χ1n) is 11.7. The van der Waals surface area contributed by atoms with Gasteiger partial charge in [-0.3, -0.25) is 4.79 Å². The number of aliphatic imine (C=N–C) groups is 1. The van der Waals surface area contributed by atoms with Crippen LogP contribution in [-0.2, 0) is 6.42 Å². The fourth-order valence-corrected chi connectivity index (χ4v) is 4.19. The standard InChI is InChI=1S/C28H36N4OS/c1-8-32(7)18-30-24-14-19(2)23(13-20(24)3)15-26-31-25(16-34-26)21-9-11-22(12-10-21)27(33)29-17-28(4,5)6/h9-14,16,18H,8,15,17H2,1-7H3,(H,29,33)/b30-18+. The summed E-state index contributed by atoms with van der Waals surface area (Å²) < 4.78 is 0. The largest absolute Gasteiger partial charge is 0.366 e. The van der Waals surface area contributed by atoms with Crippen molar-refractivity contribution < 1.29 is 4.79 Å². The van der Waals surface area contributed by atoms with Gasteiger partial charge in [-0.25, -0.2) is 9.98 Å². The second-order valence-electron chi connectivity index (χ2n) is 10.0. The Morgan fingerprint density at radius 1 is 1.15 bits per heavy atom. The lowest BCUT2D eigenvalue weighted by Crippen LogP contribution is -2.32. The molecule has 0 saturated carbocycles. The third-order valence-corrected chi connectivity index (χ3v) is 6.51. The predicted octanol–water partition coefficient (Wildman–Crippen LogP) is 6.41. The molecular formula is C28H36N4OS. The zero-order valence-electron chi connectivity index (χ0n) is 21.4. The Hall–Kier alpha value is -2.99. The molecule has 1 aromatic heterocycles. The normalized spacial score (nSPS) is 11.7. The monoisotopic (exact) mass is 476 g/mol. The van der Waals surface area contributed by atoms with E-state index in [0.29, 0.717) is 12.1 Å². The van der Waals surface area contributed by atoms with Crippen LogP contribution in [0, 0.1) is 19.3 Å². The summed E-state index contributed by atoms with van der Waals surface area (Å²) in [6.45, 7) is 14.2. The van der Waals surface area contributed by atoms with Gasteiger partial charge in [0.05, 0.1) is 22.7 Å². The van der Waals surface area contributed by atoms with Gasteiger partial charge in [0.15, 0.2) is 0 Å². The molecule has 0 aliphatic carbocycles. The van der Waals surface area contributed by atoms with Crippen molar-refractivity contribution >= 4 is 29.3 Å². The van der Waals surface area contributed by atoms with E-state index < -0.39 is 0 Å². The maximum absolute atomic E-state index is 12.4. The molecule has 0 unspecified atom stereocenters. The van der Waals surface area contributed by atoms with Crippen molar-refractivity contribution in [3.05, 3.63) is 69.0 Å². The average molecular weight is 477 g/mol. The van der Waals surface area contributed by atoms with Gasteiger partial charge in [0.25, 0.3) is 5.91 Å². The summed E-state index contributed by atoms with van der Waals surface area (Å²) in [6, 6.07) is 12.1. The van der Waals surface area contributed by atoms with Crippen LogP contribution in [0.15, 0.2) is 46.8 Å². The molecule has 1 amide bonds. The summed E-state index contributed by atoms with van der Waals surface area (Å²) in [5.41, 5.74) is 7.36. The molecule has 180 valence electrons. The SMILES string of the molecule is CCN(C)/C=N/c1cc(C)c(Cc2nc(-c3ccc(C(=O)NCC(C)(C)C)cc3)cs2)cc1C. The van der Waals surface area contributed by atoms with Gasteiger partial charge in [-0.1, -0.05) is 39.0 Å². The molecule has 2 aromatic carbocycles. The molecule has 0 atom stereocenters. The van der Waals surface area contributed by atoms with Crippen LogP contribution in [0.3, 0.4) is 0 Å². The lowest BCUT2D eigenvalue weighted by Gasteiger charge is -2.18. The number of aromatic nitrogens is 1. The molecule has 0 fully saturated rings. The molecule has 1 N–H and O–H groups in total. The Morgan fingerprint density at radius 3 is 2.50 bits per heavy atom. The average Bonchev–Trinajstić information content (AvgIpc) is 3.26. The number of aryl methyl sites for hydroxylation is 2. The highest BCUT2D eigenvalue weighted by molar-refractivity contribution is 7.10. The van der Waals surface area contributed by atoms with Crippen molar-refractivity contribution in [2.24, 2.45) is 10.4 Å². The summed E-state index contributed by atoms with van der Waals surface area (Å²) >= 11 is 1.67. The fraction of sp³-hybridized carbons (Fsp3) is 0.393. The number of carbonyl (C=O) groups is 1. The van der Waals surface area contributed by atoms with E-state index in [1.54, 1.807) is 11.3 Å². The second kappa shape index (κ2) is 11.0. The third-order valence-electron chi connectivity index (χ3n) is 5.66. The van der Waals surface area contributed by atoms with Crippen LogP contribution in [0.4, 0.5) is 5.69 Å². The minimum atomic E-state index is -0.0413. The number of carbonyl (C=O) groups excluding carboxylic acids is 1. The van der Waals surface area contributed by atoms with Crippen molar-refractivity contribution in [1.82, 2.24) is 15.2 Å². The number of thiazole rings is 1. The van der Waals surface area contributed by atoms with Crippen LogP contribution < -0.4 is 5.32 Å². The molecule has 0 radical (unpaired) electrons. The van der Waals surface area contributed by atoms with E-state index in [-0.39, 0.29) is 11.3 Å². The molecule has 0 bridgehead atoms. The molecule has 0 aliphatic heterocycles. The van der Waals surface area contributed by atoms with Gasteiger partial charge >= 0.3 is 0 Å². The van der Waals surface area contributed by atoms with Crippen LogP contribution in [0.25, 0.3) is 11.3 Å². The number of nitrogens with one attached hydrogen (secondary N) is 1. The third kappa shape index (κ3) is 7.00. The van der Waals surface area contributed by atoms with Crippen LogP contribution in [0.5, 0.6) is 0 Å². The van der Waals surface area contributed by atoms with E-state index >= 15 is 0 Å². The summed E-state index contributed by atoms with van der Waals surface area (Å²) in [7, 11) is 2.02. The Balaban J connectivity index is 1.69. The minimum Gasteiger partial charge on any atom is -0.366 e. The van der Waals surface area contributed by atoms with Crippen molar-refractivity contribution in [2.45, 2.75) is 48.0 Å². The Bertz CT molecular complexity index is 1160. The zero-order chi connectivity index (χ0) is 24.9. The minimum absolute atomic E-state index is 0.0413. The predicted molar refractivity (Wildman–Crippen MR) is 145 cm³/mol. The van der Waals surface area contributed by atoms with Crippen LogP contribution >= 0.6 is 11.3 Å². The molecule has 3 rings (SSSR count). The number of hydrogen-bond donors (Lipinski definition) is 1. The Labute approximate surface area is 208 Å². The van der Waals surface area contributed by atoms with Crippen LogP contribution in [0.2, 0.25) is 0 Å². The molecule has 0 spiro atoms. The highest BCUT2D eigenvalue weighted by Gasteiger charge is 2.14. The van der Waals surface area contributed by atoms with Crippen molar-refractivity contribution in [1.29, 1.82) is 0 Å². The van der Waals surface area contributed by atoms with Crippen molar-refractivity contribution in [2.75, 3.05) is 20.1 Å². The van der Waals surface area contributed by atoms with E-state index in [1.165, 1.54) is 16.7 Å². The second-order valence-corrected chi connectivity index (χ2v) is 10.9. The van der Waals surface area contributed by atoms with Crippen molar-refractivity contribution in [3.63, 3.8) is 0 Å². The Kier molecular flexibility index (Phi) is 8.26. The molecule has 0 saturated heterocycles. The van der Waals surface area contributed by atoms with E-state index in [9.17, 15) is 4.79 Å². The zero-order valence-corrected chi connectivity index (χ0v) is 22.2. The summed E-state index contributed by atoms with van der Waals surface area (Å²) in [4.78, 5) is 23.9. The molecule has 34 heavy (non-hydrogen) atoms. The molecule has 5 nitrogen and oxygen atoms in total. The van der Waals surface area contributed by atoms with Gasteiger partial charge < -0.3 is 10.2 Å². The number of nitrogens with zero attached hydrogens (tertiary/aromatic N) is 3. The summed E-state index contributed by atoms with van der Waals surface area (Å²) in [5, 5.41) is 6.16. The highest BCUT2D eigenvalue weighted by atomic mass is 32.1. The van der Waals surface area contributed by atoms with Gasteiger partial charge in [-0.15, -0.1) is 11.3 Å².